The molecule has 0 radical (unpaired) electrons. The molecule has 1 rings (SSSR count). The molecule has 16 heavy (non-hydrogen) atoms. The average Bonchev–Trinajstić information content (AvgIpc) is 2.15. The fourth-order valence-electron chi connectivity index (χ4n) is 2.07. The van der Waals surface area contributed by atoms with E-state index in [0.29, 0.717) is 13.0 Å². The minimum Gasteiger partial charge on any atom is -0.386 e. The summed E-state index contributed by atoms with van der Waals surface area (Å²) in [6.07, 6.45) is 2.48. The number of rotatable bonds is 4. The van der Waals surface area contributed by atoms with Crippen molar-refractivity contribution < 1.29 is 8.42 Å². The summed E-state index contributed by atoms with van der Waals surface area (Å²) in [7, 11) is -3.26. The Hall–Kier alpha value is -0.620. The number of nitrogens with zero attached hydrogens (tertiary/aromatic N) is 1. The summed E-state index contributed by atoms with van der Waals surface area (Å²) in [5, 5.41) is 7.45. The van der Waals surface area contributed by atoms with Crippen molar-refractivity contribution in [2.24, 2.45) is 11.7 Å². The van der Waals surface area contributed by atoms with E-state index in [1.807, 2.05) is 13.8 Å². The Morgan fingerprint density at radius 3 is 2.62 bits per heavy atom. The van der Waals surface area contributed by atoms with E-state index in [1.54, 1.807) is 0 Å². The summed E-state index contributed by atoms with van der Waals surface area (Å²) in [6.45, 7) is 4.26. The van der Waals surface area contributed by atoms with E-state index in [4.69, 9.17) is 11.1 Å². The number of amidine groups is 1. The molecule has 1 aliphatic heterocycles. The average molecular weight is 247 g/mol. The molecule has 1 atom stereocenters. The van der Waals surface area contributed by atoms with Crippen LogP contribution in [-0.4, -0.2) is 36.9 Å². The Morgan fingerprint density at radius 2 is 2.12 bits per heavy atom. The largest absolute Gasteiger partial charge is 0.386 e. The van der Waals surface area contributed by atoms with Gasteiger partial charge in [-0.2, -0.15) is 4.31 Å². The van der Waals surface area contributed by atoms with Gasteiger partial charge in [0.05, 0.1) is 11.8 Å². The lowest BCUT2D eigenvalue weighted by atomic mass is 10.0. The maximum atomic E-state index is 12.1. The topological polar surface area (TPSA) is 87.2 Å². The van der Waals surface area contributed by atoms with Gasteiger partial charge in [-0.05, 0) is 18.8 Å². The highest BCUT2D eigenvalue weighted by Gasteiger charge is 2.34. The van der Waals surface area contributed by atoms with E-state index in [9.17, 15) is 8.42 Å². The molecule has 0 spiro atoms. The zero-order valence-electron chi connectivity index (χ0n) is 9.94. The number of piperidine rings is 1. The molecule has 0 aromatic carbocycles. The quantitative estimate of drug-likeness (QED) is 0.568. The Labute approximate surface area is 97.6 Å². The lowest BCUT2D eigenvalue weighted by Gasteiger charge is -2.34. The zero-order valence-corrected chi connectivity index (χ0v) is 10.8. The van der Waals surface area contributed by atoms with Crippen LogP contribution in [0.15, 0.2) is 0 Å². The van der Waals surface area contributed by atoms with Crippen molar-refractivity contribution in [3.8, 4) is 0 Å². The molecule has 1 aliphatic rings. The molecule has 94 valence electrons. The second-order valence-corrected chi connectivity index (χ2v) is 6.72. The van der Waals surface area contributed by atoms with Crippen LogP contribution in [-0.2, 0) is 10.0 Å². The highest BCUT2D eigenvalue weighted by molar-refractivity contribution is 7.89. The first-order valence-electron chi connectivity index (χ1n) is 5.68. The maximum Gasteiger partial charge on any atom is 0.215 e. The van der Waals surface area contributed by atoms with Gasteiger partial charge in [0.15, 0.2) is 0 Å². The second-order valence-electron chi connectivity index (χ2n) is 4.75. The van der Waals surface area contributed by atoms with Gasteiger partial charge in [-0.15, -0.1) is 0 Å². The number of nitrogens with one attached hydrogen (secondary N) is 1. The summed E-state index contributed by atoms with van der Waals surface area (Å²) in [4.78, 5) is 0. The van der Waals surface area contributed by atoms with Crippen molar-refractivity contribution in [3.05, 3.63) is 0 Å². The molecule has 3 N–H and O–H groups in total. The smallest absolute Gasteiger partial charge is 0.215 e. The van der Waals surface area contributed by atoms with E-state index >= 15 is 0 Å². The van der Waals surface area contributed by atoms with Gasteiger partial charge in [-0.25, -0.2) is 8.42 Å². The van der Waals surface area contributed by atoms with Gasteiger partial charge in [0.25, 0.3) is 0 Å². The van der Waals surface area contributed by atoms with Gasteiger partial charge in [-0.3, -0.25) is 5.41 Å². The van der Waals surface area contributed by atoms with Crippen LogP contribution in [0.25, 0.3) is 0 Å². The standard InChI is InChI=1S/C10H21N3O2S/c1-8(2)7-16(14,15)13-6-4-3-5-9(13)10(11)12/h8-9H,3-7H2,1-2H3,(H3,11,12). The van der Waals surface area contributed by atoms with Crippen molar-refractivity contribution in [1.29, 1.82) is 5.41 Å². The van der Waals surface area contributed by atoms with Crippen molar-refractivity contribution >= 4 is 15.9 Å². The third-order valence-electron chi connectivity index (χ3n) is 2.71. The normalized spacial score (nSPS) is 23.6. The molecule has 5 nitrogen and oxygen atoms in total. The molecule has 1 unspecified atom stereocenters. The molecule has 1 heterocycles. The van der Waals surface area contributed by atoms with E-state index in [1.165, 1.54) is 4.31 Å². The number of nitrogens with two attached hydrogens (primary N) is 1. The Balaban J connectivity index is 2.86. The van der Waals surface area contributed by atoms with Crippen LogP contribution in [0.5, 0.6) is 0 Å². The molecule has 0 aromatic heterocycles. The van der Waals surface area contributed by atoms with E-state index in [0.717, 1.165) is 12.8 Å². The van der Waals surface area contributed by atoms with Crippen molar-refractivity contribution in [1.82, 2.24) is 4.31 Å². The van der Waals surface area contributed by atoms with Crippen LogP contribution in [0, 0.1) is 11.3 Å². The minimum atomic E-state index is -3.26. The van der Waals surface area contributed by atoms with Crippen LogP contribution in [0.2, 0.25) is 0 Å². The Bertz CT molecular complexity index is 351. The molecule has 0 saturated carbocycles. The predicted molar refractivity (Wildman–Crippen MR) is 64.9 cm³/mol. The monoisotopic (exact) mass is 247 g/mol. The van der Waals surface area contributed by atoms with Crippen LogP contribution in [0.4, 0.5) is 0 Å². The molecular formula is C10H21N3O2S. The molecule has 0 aromatic rings. The molecule has 0 aliphatic carbocycles. The number of hydrogen-bond acceptors (Lipinski definition) is 3. The molecule has 1 fully saturated rings. The van der Waals surface area contributed by atoms with Crippen LogP contribution < -0.4 is 5.73 Å². The summed E-state index contributed by atoms with van der Waals surface area (Å²) in [6, 6.07) is -0.419. The fourth-order valence-corrected chi connectivity index (χ4v) is 4.11. The number of hydrogen-bond donors (Lipinski definition) is 2. The van der Waals surface area contributed by atoms with Gasteiger partial charge in [0.2, 0.25) is 10.0 Å². The lowest BCUT2D eigenvalue weighted by molar-refractivity contribution is 0.302. The van der Waals surface area contributed by atoms with Crippen molar-refractivity contribution in [2.45, 2.75) is 39.2 Å². The van der Waals surface area contributed by atoms with Gasteiger partial charge < -0.3 is 5.73 Å². The first kappa shape index (κ1) is 13.4. The van der Waals surface area contributed by atoms with E-state index in [-0.39, 0.29) is 17.5 Å². The SMILES string of the molecule is CC(C)CS(=O)(=O)N1CCCCC1C(=N)N. The van der Waals surface area contributed by atoms with E-state index < -0.39 is 16.1 Å². The highest BCUT2D eigenvalue weighted by atomic mass is 32.2. The van der Waals surface area contributed by atoms with Gasteiger partial charge in [0, 0.05) is 6.54 Å². The summed E-state index contributed by atoms with van der Waals surface area (Å²) in [5.41, 5.74) is 5.46. The Morgan fingerprint density at radius 1 is 1.50 bits per heavy atom. The summed E-state index contributed by atoms with van der Waals surface area (Å²) < 4.78 is 25.6. The van der Waals surface area contributed by atoms with Crippen molar-refractivity contribution in [2.75, 3.05) is 12.3 Å². The van der Waals surface area contributed by atoms with Gasteiger partial charge in [0.1, 0.15) is 5.84 Å². The zero-order chi connectivity index (χ0) is 12.3. The molecular weight excluding hydrogens is 226 g/mol. The van der Waals surface area contributed by atoms with E-state index in [2.05, 4.69) is 0 Å². The molecule has 6 heteroatoms. The highest BCUT2D eigenvalue weighted by Crippen LogP contribution is 2.21. The first-order valence-corrected chi connectivity index (χ1v) is 7.29. The van der Waals surface area contributed by atoms with Crippen LogP contribution >= 0.6 is 0 Å². The summed E-state index contributed by atoms with van der Waals surface area (Å²) >= 11 is 0. The summed E-state index contributed by atoms with van der Waals surface area (Å²) in [5.74, 6) is 0.197. The first-order chi connectivity index (χ1) is 7.34. The maximum absolute atomic E-state index is 12.1. The molecule has 0 amide bonds. The van der Waals surface area contributed by atoms with Crippen LogP contribution in [0.1, 0.15) is 33.1 Å². The number of sulfonamides is 1. The van der Waals surface area contributed by atoms with Gasteiger partial charge in [-0.1, -0.05) is 20.3 Å². The molecule has 1 saturated heterocycles. The third-order valence-corrected chi connectivity index (χ3v) is 4.95. The molecule has 0 bridgehead atoms. The third kappa shape index (κ3) is 3.18. The fraction of sp³-hybridized carbons (Fsp3) is 0.900. The van der Waals surface area contributed by atoms with Gasteiger partial charge >= 0.3 is 0 Å². The van der Waals surface area contributed by atoms with Crippen molar-refractivity contribution in [3.63, 3.8) is 0 Å². The minimum absolute atomic E-state index is 0.0352. The predicted octanol–water partition coefficient (Wildman–Crippen LogP) is 0.763. The second kappa shape index (κ2) is 5.14. The van der Waals surface area contributed by atoms with Crippen LogP contribution in [0.3, 0.4) is 0 Å². The Kier molecular flexibility index (Phi) is 4.32. The lowest BCUT2D eigenvalue weighted by Crippen LogP contribution is -2.51.